The molecular weight excluding hydrogens is 352 g/mol. The van der Waals surface area contributed by atoms with Crippen LogP contribution in [-0.4, -0.2) is 30.8 Å². The molecule has 6 heteroatoms. The number of aromatic nitrogens is 4. The normalized spacial score (nSPS) is 14.4. The number of aliphatic hydroxyl groups is 1. The highest BCUT2D eigenvalue weighted by atomic mass is 16.5. The zero-order valence-corrected chi connectivity index (χ0v) is 15.7. The van der Waals surface area contributed by atoms with E-state index in [1.54, 1.807) is 0 Å². The van der Waals surface area contributed by atoms with Crippen molar-refractivity contribution in [3.8, 4) is 22.7 Å². The molecule has 1 N–H and O–H groups in total. The zero-order chi connectivity index (χ0) is 19.1. The van der Waals surface area contributed by atoms with Crippen LogP contribution in [-0.2, 0) is 13.7 Å². The molecular formula is C22H22N4O2. The van der Waals surface area contributed by atoms with Crippen molar-refractivity contribution in [3.63, 3.8) is 0 Å². The lowest BCUT2D eigenvalue weighted by Gasteiger charge is -2.26. The Hall–Kier alpha value is -3.12. The molecule has 0 spiro atoms. The van der Waals surface area contributed by atoms with E-state index in [0.717, 1.165) is 46.4 Å². The quantitative estimate of drug-likeness (QED) is 0.576. The van der Waals surface area contributed by atoms with Crippen LogP contribution >= 0.6 is 0 Å². The molecule has 0 radical (unpaired) electrons. The van der Waals surface area contributed by atoms with Gasteiger partial charge in [0.05, 0.1) is 41.5 Å². The van der Waals surface area contributed by atoms with Crippen molar-refractivity contribution in [2.24, 2.45) is 7.05 Å². The fraction of sp³-hybridized carbons (Fsp3) is 0.273. The summed E-state index contributed by atoms with van der Waals surface area (Å²) in [5.74, 6) is 0.874. The smallest absolute Gasteiger partial charge is 0.120 e. The van der Waals surface area contributed by atoms with E-state index in [1.165, 1.54) is 6.42 Å². The van der Waals surface area contributed by atoms with Crippen LogP contribution in [0.3, 0.4) is 0 Å². The van der Waals surface area contributed by atoms with Crippen LogP contribution < -0.4 is 4.74 Å². The Morgan fingerprint density at radius 3 is 2.79 bits per heavy atom. The summed E-state index contributed by atoms with van der Waals surface area (Å²) in [6.45, 7) is -0.111. The van der Waals surface area contributed by atoms with Gasteiger partial charge in [0.2, 0.25) is 0 Å². The molecule has 142 valence electrons. The third-order valence-electron chi connectivity index (χ3n) is 5.37. The van der Waals surface area contributed by atoms with Gasteiger partial charge in [-0.25, -0.2) is 4.68 Å². The predicted molar refractivity (Wildman–Crippen MR) is 107 cm³/mol. The molecule has 6 nitrogen and oxygen atoms in total. The minimum Gasteiger partial charge on any atom is -0.490 e. The summed E-state index contributed by atoms with van der Waals surface area (Å²) in [5.41, 5.74) is 4.47. The van der Waals surface area contributed by atoms with Crippen molar-refractivity contribution in [3.05, 3.63) is 60.4 Å². The monoisotopic (exact) mass is 374 g/mol. The highest BCUT2D eigenvalue weighted by Crippen LogP contribution is 2.32. The van der Waals surface area contributed by atoms with Crippen molar-refractivity contribution < 1.29 is 9.84 Å². The van der Waals surface area contributed by atoms with Gasteiger partial charge >= 0.3 is 0 Å². The molecule has 2 heterocycles. The van der Waals surface area contributed by atoms with Crippen molar-refractivity contribution in [2.75, 3.05) is 0 Å². The Kier molecular flexibility index (Phi) is 4.13. The van der Waals surface area contributed by atoms with Gasteiger partial charge in [0.25, 0.3) is 0 Å². The van der Waals surface area contributed by atoms with Gasteiger partial charge in [0, 0.05) is 18.0 Å². The highest BCUT2D eigenvalue weighted by molar-refractivity contribution is 5.87. The van der Waals surface area contributed by atoms with E-state index in [4.69, 9.17) is 4.74 Å². The first-order valence-electron chi connectivity index (χ1n) is 9.61. The molecule has 0 saturated heterocycles. The SMILES string of the molecule is Cn1ncc2cccc(-n3nc(CO)cc3-c3cccc(OC4CCC4)c3)c21. The summed E-state index contributed by atoms with van der Waals surface area (Å²) in [6, 6.07) is 16.1. The number of rotatable bonds is 5. The maximum atomic E-state index is 9.69. The molecule has 1 fully saturated rings. The first-order chi connectivity index (χ1) is 13.7. The fourth-order valence-electron chi connectivity index (χ4n) is 3.69. The first kappa shape index (κ1) is 17.0. The van der Waals surface area contributed by atoms with Crippen LogP contribution in [0.2, 0.25) is 0 Å². The van der Waals surface area contributed by atoms with Crippen molar-refractivity contribution >= 4 is 10.9 Å². The van der Waals surface area contributed by atoms with Gasteiger partial charge in [-0.1, -0.05) is 24.3 Å². The molecule has 1 saturated carbocycles. The van der Waals surface area contributed by atoms with Gasteiger partial charge in [-0.2, -0.15) is 10.2 Å². The number of hydrogen-bond donors (Lipinski definition) is 1. The number of hydrogen-bond acceptors (Lipinski definition) is 4. The van der Waals surface area contributed by atoms with Gasteiger partial charge in [0.15, 0.2) is 0 Å². The summed E-state index contributed by atoms with van der Waals surface area (Å²) in [5, 5.41) is 19.8. The summed E-state index contributed by atoms with van der Waals surface area (Å²) in [7, 11) is 1.93. The molecule has 2 aromatic carbocycles. The van der Waals surface area contributed by atoms with Crippen LogP contribution in [0, 0.1) is 0 Å². The Labute approximate surface area is 163 Å². The molecule has 0 amide bonds. The molecule has 0 bridgehead atoms. The largest absolute Gasteiger partial charge is 0.490 e. The third-order valence-corrected chi connectivity index (χ3v) is 5.37. The van der Waals surface area contributed by atoms with E-state index < -0.39 is 0 Å². The second kappa shape index (κ2) is 6.80. The number of nitrogens with zero attached hydrogens (tertiary/aromatic N) is 4. The highest BCUT2D eigenvalue weighted by Gasteiger charge is 2.20. The molecule has 0 atom stereocenters. The Morgan fingerprint density at radius 2 is 2.00 bits per heavy atom. The average molecular weight is 374 g/mol. The molecule has 2 aromatic heterocycles. The number of ether oxygens (including phenoxy) is 1. The molecule has 0 unspecified atom stereocenters. The minimum absolute atomic E-state index is 0.111. The number of para-hydroxylation sites is 1. The topological polar surface area (TPSA) is 65.1 Å². The Balaban J connectivity index is 1.64. The van der Waals surface area contributed by atoms with Crippen LogP contribution in [0.1, 0.15) is 25.0 Å². The summed E-state index contributed by atoms with van der Waals surface area (Å²) in [6.07, 6.45) is 5.67. The van der Waals surface area contributed by atoms with Crippen molar-refractivity contribution in [1.29, 1.82) is 0 Å². The Morgan fingerprint density at radius 1 is 1.14 bits per heavy atom. The molecule has 1 aliphatic carbocycles. The van der Waals surface area contributed by atoms with E-state index >= 15 is 0 Å². The molecule has 5 rings (SSSR count). The van der Waals surface area contributed by atoms with E-state index in [1.807, 2.05) is 65.1 Å². The molecule has 4 aromatic rings. The van der Waals surface area contributed by atoms with Crippen LogP contribution in [0.4, 0.5) is 0 Å². The lowest BCUT2D eigenvalue weighted by Crippen LogP contribution is -2.24. The van der Waals surface area contributed by atoms with Gasteiger partial charge in [-0.3, -0.25) is 4.68 Å². The summed E-state index contributed by atoms with van der Waals surface area (Å²) >= 11 is 0. The first-order valence-corrected chi connectivity index (χ1v) is 9.61. The lowest BCUT2D eigenvalue weighted by atomic mass is 9.96. The second-order valence-corrected chi connectivity index (χ2v) is 7.27. The molecule has 28 heavy (non-hydrogen) atoms. The van der Waals surface area contributed by atoms with Gasteiger partial charge in [-0.15, -0.1) is 0 Å². The Bertz CT molecular complexity index is 1140. The van der Waals surface area contributed by atoms with E-state index in [2.05, 4.69) is 16.3 Å². The average Bonchev–Trinajstić information content (AvgIpc) is 3.29. The maximum absolute atomic E-state index is 9.69. The van der Waals surface area contributed by atoms with Crippen LogP contribution in [0.25, 0.3) is 27.8 Å². The molecule has 1 aliphatic rings. The van der Waals surface area contributed by atoms with Gasteiger partial charge < -0.3 is 9.84 Å². The fourth-order valence-corrected chi connectivity index (χ4v) is 3.69. The van der Waals surface area contributed by atoms with Gasteiger partial charge in [-0.05, 0) is 43.5 Å². The number of aliphatic hydroxyl groups excluding tert-OH is 1. The zero-order valence-electron chi connectivity index (χ0n) is 15.7. The number of aryl methyl sites for hydroxylation is 1. The number of benzene rings is 2. The minimum atomic E-state index is -0.111. The summed E-state index contributed by atoms with van der Waals surface area (Å²) in [4.78, 5) is 0. The van der Waals surface area contributed by atoms with E-state index in [0.29, 0.717) is 11.8 Å². The second-order valence-electron chi connectivity index (χ2n) is 7.27. The van der Waals surface area contributed by atoms with Gasteiger partial charge in [0.1, 0.15) is 5.75 Å². The molecule has 0 aliphatic heterocycles. The maximum Gasteiger partial charge on any atom is 0.120 e. The van der Waals surface area contributed by atoms with Crippen molar-refractivity contribution in [1.82, 2.24) is 19.6 Å². The van der Waals surface area contributed by atoms with E-state index in [-0.39, 0.29) is 6.61 Å². The summed E-state index contributed by atoms with van der Waals surface area (Å²) < 4.78 is 9.81. The predicted octanol–water partition coefficient (Wildman–Crippen LogP) is 3.85. The number of fused-ring (bicyclic) bond motifs is 1. The third kappa shape index (κ3) is 2.86. The van der Waals surface area contributed by atoms with Crippen LogP contribution in [0.15, 0.2) is 54.7 Å². The standard InChI is InChI=1S/C22H22N4O2/c1-25-22-16(13-23-25)6-3-10-20(22)26-21(12-17(14-27)24-26)15-5-2-9-19(11-15)28-18-7-4-8-18/h2-3,5-6,9-13,18,27H,4,7-8,14H2,1H3. The lowest BCUT2D eigenvalue weighted by molar-refractivity contribution is 0.120. The van der Waals surface area contributed by atoms with E-state index in [9.17, 15) is 5.11 Å². The van der Waals surface area contributed by atoms with Crippen molar-refractivity contribution in [2.45, 2.75) is 32.0 Å². The van der Waals surface area contributed by atoms with Crippen LogP contribution in [0.5, 0.6) is 5.75 Å².